The molecule has 9 heteroatoms. The Morgan fingerprint density at radius 3 is 2.69 bits per heavy atom. The Morgan fingerprint density at radius 1 is 1.03 bits per heavy atom. The van der Waals surface area contributed by atoms with Crippen LogP contribution >= 0.6 is 23.1 Å². The standard InChI is InChI=1S/C20H19N5O2S2/c1-2-5-16(6-3-1)25-19(24-8-10-26-11-9-24)22-23-20(25)29-14-15-13-27-18(21-15)17-7-4-12-28-17/h1-7,12-13H,8-11,14H2. The number of aromatic nitrogens is 4. The molecule has 1 aliphatic rings. The molecule has 0 saturated carbocycles. The van der Waals surface area contributed by atoms with Crippen molar-refractivity contribution in [3.63, 3.8) is 0 Å². The second-order valence-corrected chi connectivity index (χ2v) is 8.35. The van der Waals surface area contributed by atoms with Crippen LogP contribution in [0, 0.1) is 0 Å². The number of morpholine rings is 1. The number of rotatable bonds is 6. The van der Waals surface area contributed by atoms with E-state index in [4.69, 9.17) is 9.15 Å². The highest BCUT2D eigenvalue weighted by molar-refractivity contribution is 7.98. The van der Waals surface area contributed by atoms with E-state index in [1.165, 1.54) is 0 Å². The lowest BCUT2D eigenvalue weighted by Gasteiger charge is -2.27. The van der Waals surface area contributed by atoms with E-state index in [0.717, 1.165) is 40.5 Å². The Hall–Kier alpha value is -2.62. The first kappa shape index (κ1) is 18.4. The van der Waals surface area contributed by atoms with Crippen molar-refractivity contribution in [2.75, 3.05) is 31.2 Å². The highest BCUT2D eigenvalue weighted by Crippen LogP contribution is 2.30. The Morgan fingerprint density at radius 2 is 1.90 bits per heavy atom. The van der Waals surface area contributed by atoms with Crippen LogP contribution in [0.2, 0.25) is 0 Å². The van der Waals surface area contributed by atoms with E-state index in [-0.39, 0.29) is 0 Å². The summed E-state index contributed by atoms with van der Waals surface area (Å²) in [5.41, 5.74) is 1.93. The van der Waals surface area contributed by atoms with Crippen LogP contribution in [0.5, 0.6) is 0 Å². The summed E-state index contributed by atoms with van der Waals surface area (Å²) >= 11 is 3.22. The molecular formula is C20H19N5O2S2. The molecule has 0 radical (unpaired) electrons. The van der Waals surface area contributed by atoms with Gasteiger partial charge in [0.15, 0.2) is 5.16 Å². The van der Waals surface area contributed by atoms with Gasteiger partial charge in [-0.2, -0.15) is 0 Å². The lowest BCUT2D eigenvalue weighted by Crippen LogP contribution is -2.37. The number of hydrogen-bond acceptors (Lipinski definition) is 8. The van der Waals surface area contributed by atoms with Gasteiger partial charge in [0.25, 0.3) is 0 Å². The number of oxazole rings is 1. The third-order valence-corrected chi connectivity index (χ3v) is 6.38. The molecule has 1 aliphatic heterocycles. The second-order valence-electron chi connectivity index (χ2n) is 6.46. The van der Waals surface area contributed by atoms with E-state index in [1.54, 1.807) is 29.4 Å². The fraction of sp³-hybridized carbons (Fsp3) is 0.250. The number of thiophene rings is 1. The maximum atomic E-state index is 5.63. The van der Waals surface area contributed by atoms with Crippen molar-refractivity contribution in [3.8, 4) is 16.5 Å². The van der Waals surface area contributed by atoms with Crippen molar-refractivity contribution >= 4 is 29.0 Å². The fourth-order valence-corrected chi connectivity index (χ4v) is 4.63. The number of thioether (sulfide) groups is 1. The number of ether oxygens (including phenoxy) is 1. The summed E-state index contributed by atoms with van der Waals surface area (Å²) in [4.78, 5) is 7.86. The Bertz CT molecular complexity index is 1060. The van der Waals surface area contributed by atoms with Crippen LogP contribution in [-0.4, -0.2) is 46.1 Å². The van der Waals surface area contributed by atoms with Crippen molar-refractivity contribution in [3.05, 3.63) is 59.8 Å². The first-order chi connectivity index (χ1) is 14.4. The van der Waals surface area contributed by atoms with E-state index in [1.807, 2.05) is 35.7 Å². The van der Waals surface area contributed by atoms with Gasteiger partial charge in [0.2, 0.25) is 11.8 Å². The predicted molar refractivity (Wildman–Crippen MR) is 114 cm³/mol. The largest absolute Gasteiger partial charge is 0.444 e. The van der Waals surface area contributed by atoms with Gasteiger partial charge in [-0.25, -0.2) is 4.98 Å². The molecule has 4 aromatic rings. The van der Waals surface area contributed by atoms with E-state index >= 15 is 0 Å². The average Bonchev–Trinajstić information content (AvgIpc) is 3.54. The topological polar surface area (TPSA) is 69.2 Å². The summed E-state index contributed by atoms with van der Waals surface area (Å²) in [5.74, 6) is 2.17. The normalized spacial score (nSPS) is 14.4. The quantitative estimate of drug-likeness (QED) is 0.431. The third-order valence-electron chi connectivity index (χ3n) is 4.56. The van der Waals surface area contributed by atoms with Crippen molar-refractivity contribution < 1.29 is 9.15 Å². The van der Waals surface area contributed by atoms with E-state index < -0.39 is 0 Å². The second kappa shape index (κ2) is 8.40. The van der Waals surface area contributed by atoms with Crippen LogP contribution in [0.4, 0.5) is 5.95 Å². The summed E-state index contributed by atoms with van der Waals surface area (Å²) in [6.07, 6.45) is 1.72. The van der Waals surface area contributed by atoms with Crippen molar-refractivity contribution in [1.82, 2.24) is 19.7 Å². The van der Waals surface area contributed by atoms with Crippen LogP contribution in [0.3, 0.4) is 0 Å². The highest BCUT2D eigenvalue weighted by Gasteiger charge is 2.22. The number of benzene rings is 1. The minimum absolute atomic E-state index is 0.656. The zero-order valence-corrected chi connectivity index (χ0v) is 17.2. The van der Waals surface area contributed by atoms with Gasteiger partial charge in [0.1, 0.15) is 6.26 Å². The maximum Gasteiger partial charge on any atom is 0.236 e. The number of nitrogens with zero attached hydrogens (tertiary/aromatic N) is 5. The molecule has 0 unspecified atom stereocenters. The predicted octanol–water partition coefficient (Wildman–Crippen LogP) is 4.11. The molecule has 0 N–H and O–H groups in total. The van der Waals surface area contributed by atoms with Crippen molar-refractivity contribution in [2.24, 2.45) is 0 Å². The molecular weight excluding hydrogens is 406 g/mol. The molecule has 1 saturated heterocycles. The van der Waals surface area contributed by atoms with E-state index in [9.17, 15) is 0 Å². The first-order valence-electron chi connectivity index (χ1n) is 9.33. The van der Waals surface area contributed by atoms with E-state index in [2.05, 4.69) is 36.8 Å². The molecule has 0 aliphatic carbocycles. The summed E-state index contributed by atoms with van der Waals surface area (Å²) in [7, 11) is 0. The van der Waals surface area contributed by atoms with Crippen LogP contribution in [0.25, 0.3) is 16.5 Å². The lowest BCUT2D eigenvalue weighted by atomic mass is 10.3. The van der Waals surface area contributed by atoms with Gasteiger partial charge in [-0.3, -0.25) is 4.57 Å². The smallest absolute Gasteiger partial charge is 0.236 e. The molecule has 1 fully saturated rings. The third kappa shape index (κ3) is 3.93. The van der Waals surface area contributed by atoms with Crippen molar-refractivity contribution in [2.45, 2.75) is 10.9 Å². The number of para-hydroxylation sites is 1. The molecule has 7 nitrogen and oxygen atoms in total. The highest BCUT2D eigenvalue weighted by atomic mass is 32.2. The Balaban J connectivity index is 1.40. The molecule has 0 bridgehead atoms. The summed E-state index contributed by atoms with van der Waals surface area (Å²) in [6.45, 7) is 3.02. The van der Waals surface area contributed by atoms with Gasteiger partial charge in [0.05, 0.1) is 29.5 Å². The minimum atomic E-state index is 0.656. The lowest BCUT2D eigenvalue weighted by molar-refractivity contribution is 0.122. The van der Waals surface area contributed by atoms with Gasteiger partial charge < -0.3 is 14.1 Å². The van der Waals surface area contributed by atoms with Crippen LogP contribution in [-0.2, 0) is 10.5 Å². The zero-order valence-electron chi connectivity index (χ0n) is 15.6. The van der Waals surface area contributed by atoms with Crippen LogP contribution in [0.1, 0.15) is 5.69 Å². The Kier molecular flexibility index (Phi) is 5.33. The fourth-order valence-electron chi connectivity index (χ4n) is 3.15. The average molecular weight is 426 g/mol. The van der Waals surface area contributed by atoms with Gasteiger partial charge in [-0.15, -0.1) is 21.5 Å². The van der Waals surface area contributed by atoms with E-state index in [0.29, 0.717) is 24.9 Å². The molecule has 29 heavy (non-hydrogen) atoms. The van der Waals surface area contributed by atoms with Gasteiger partial charge in [0, 0.05) is 18.8 Å². The monoisotopic (exact) mass is 425 g/mol. The summed E-state index contributed by atoms with van der Waals surface area (Å²) < 4.78 is 13.2. The van der Waals surface area contributed by atoms with Gasteiger partial charge >= 0.3 is 0 Å². The maximum absolute atomic E-state index is 5.63. The van der Waals surface area contributed by atoms with Crippen LogP contribution < -0.4 is 4.90 Å². The van der Waals surface area contributed by atoms with Gasteiger partial charge in [-0.05, 0) is 23.6 Å². The molecule has 5 rings (SSSR count). The molecule has 3 aromatic heterocycles. The molecule has 1 aromatic carbocycles. The zero-order chi connectivity index (χ0) is 19.5. The van der Waals surface area contributed by atoms with Gasteiger partial charge in [-0.1, -0.05) is 36.0 Å². The molecule has 4 heterocycles. The first-order valence-corrected chi connectivity index (χ1v) is 11.2. The van der Waals surface area contributed by atoms with Crippen molar-refractivity contribution in [1.29, 1.82) is 0 Å². The Labute approximate surface area is 176 Å². The SMILES string of the molecule is c1ccc(-n2c(SCc3coc(-c4cccs4)n3)nnc2N2CCOCC2)cc1. The van der Waals surface area contributed by atoms with Crippen LogP contribution in [0.15, 0.2) is 63.7 Å². The molecule has 0 spiro atoms. The summed E-state index contributed by atoms with van der Waals surface area (Å²) in [6, 6.07) is 14.2. The number of anilines is 1. The molecule has 0 amide bonds. The minimum Gasteiger partial charge on any atom is -0.444 e. The molecule has 148 valence electrons. The number of hydrogen-bond donors (Lipinski definition) is 0. The summed E-state index contributed by atoms with van der Waals surface area (Å²) in [5, 5.41) is 11.8. The molecule has 0 atom stereocenters.